The first-order chi connectivity index (χ1) is 8.06. The molecule has 1 aromatic rings. The van der Waals surface area contributed by atoms with E-state index in [-0.39, 0.29) is 11.8 Å². The Labute approximate surface area is 103 Å². The van der Waals surface area contributed by atoms with E-state index in [4.69, 9.17) is 0 Å². The smallest absolute Gasteiger partial charge is 0.126 e. The summed E-state index contributed by atoms with van der Waals surface area (Å²) in [6.45, 7) is 5.19. The van der Waals surface area contributed by atoms with Gasteiger partial charge in [0.05, 0.1) is 0 Å². The van der Waals surface area contributed by atoms with Crippen molar-refractivity contribution in [2.75, 3.05) is 13.6 Å². The molecule has 0 bridgehead atoms. The number of aromatic hydroxyl groups is 1. The molecule has 2 nitrogen and oxygen atoms in total. The lowest BCUT2D eigenvalue weighted by molar-refractivity contribution is 0.251. The Bertz CT molecular complexity index is 354. The number of benzene rings is 1. The third-order valence-electron chi connectivity index (χ3n) is 3.22. The van der Waals surface area contributed by atoms with Gasteiger partial charge in [0.2, 0.25) is 0 Å². The third-order valence-corrected chi connectivity index (χ3v) is 3.22. The van der Waals surface area contributed by atoms with Crippen molar-refractivity contribution in [1.82, 2.24) is 4.90 Å². The summed E-state index contributed by atoms with van der Waals surface area (Å²) in [4.78, 5) is 2.18. The number of phenolic OH excluding ortho intramolecular Hbond substituents is 1. The zero-order valence-corrected chi connectivity index (χ0v) is 10.9. The van der Waals surface area contributed by atoms with Crippen LogP contribution in [0.2, 0.25) is 0 Å². The van der Waals surface area contributed by atoms with Crippen molar-refractivity contribution in [3.05, 3.63) is 29.6 Å². The van der Waals surface area contributed by atoms with E-state index in [1.54, 1.807) is 6.07 Å². The van der Waals surface area contributed by atoms with Crippen molar-refractivity contribution in [2.45, 2.75) is 39.2 Å². The van der Waals surface area contributed by atoms with Crippen molar-refractivity contribution in [2.24, 2.45) is 0 Å². The van der Waals surface area contributed by atoms with Crippen molar-refractivity contribution in [3.63, 3.8) is 0 Å². The van der Waals surface area contributed by atoms with Crippen LogP contribution in [0.3, 0.4) is 0 Å². The van der Waals surface area contributed by atoms with Crippen LogP contribution in [0.15, 0.2) is 18.2 Å². The summed E-state index contributed by atoms with van der Waals surface area (Å²) in [6.07, 6.45) is 3.57. The van der Waals surface area contributed by atoms with Crippen LogP contribution in [0.1, 0.15) is 44.7 Å². The normalized spacial score (nSPS) is 13.0. The summed E-state index contributed by atoms with van der Waals surface area (Å²) in [5.74, 6) is -0.355. The van der Waals surface area contributed by atoms with Gasteiger partial charge in [0, 0.05) is 17.7 Å². The maximum atomic E-state index is 12.9. The lowest BCUT2D eigenvalue weighted by atomic mass is 10.1. The molecule has 0 saturated carbocycles. The van der Waals surface area contributed by atoms with Gasteiger partial charge in [-0.1, -0.05) is 25.8 Å². The Balaban J connectivity index is 2.64. The highest BCUT2D eigenvalue weighted by atomic mass is 19.1. The molecule has 0 amide bonds. The van der Waals surface area contributed by atoms with Gasteiger partial charge in [0.15, 0.2) is 0 Å². The van der Waals surface area contributed by atoms with Gasteiger partial charge < -0.3 is 5.11 Å². The fourth-order valence-electron chi connectivity index (χ4n) is 1.91. The molecule has 0 saturated heterocycles. The second kappa shape index (κ2) is 6.60. The molecule has 0 aliphatic rings. The molecule has 3 heteroatoms. The average Bonchev–Trinajstić information content (AvgIpc) is 2.28. The second-order valence-electron chi connectivity index (χ2n) is 4.57. The molecule has 0 radical (unpaired) electrons. The first-order valence-corrected chi connectivity index (χ1v) is 6.25. The highest BCUT2D eigenvalue weighted by Gasteiger charge is 2.15. The molecule has 1 unspecified atom stereocenters. The summed E-state index contributed by atoms with van der Waals surface area (Å²) in [5, 5.41) is 9.72. The van der Waals surface area contributed by atoms with Crippen molar-refractivity contribution in [3.8, 4) is 5.75 Å². The predicted molar refractivity (Wildman–Crippen MR) is 68.6 cm³/mol. The minimum absolute atomic E-state index is 0.0415. The SMILES string of the molecule is CCCCCN(C)C(C)c1ccc(F)cc1O. The van der Waals surface area contributed by atoms with E-state index in [2.05, 4.69) is 11.8 Å². The fraction of sp³-hybridized carbons (Fsp3) is 0.571. The lowest BCUT2D eigenvalue weighted by Gasteiger charge is -2.25. The Kier molecular flexibility index (Phi) is 5.42. The molecular formula is C14H22FNO. The van der Waals surface area contributed by atoms with Crippen molar-refractivity contribution < 1.29 is 9.50 Å². The zero-order chi connectivity index (χ0) is 12.8. The Hall–Kier alpha value is -1.09. The van der Waals surface area contributed by atoms with Crippen LogP contribution in [-0.2, 0) is 0 Å². The summed E-state index contributed by atoms with van der Waals surface area (Å²) < 4.78 is 12.9. The summed E-state index contributed by atoms with van der Waals surface area (Å²) >= 11 is 0. The molecule has 0 spiro atoms. The van der Waals surface area contributed by atoms with Gasteiger partial charge in [-0.2, -0.15) is 0 Å². The maximum Gasteiger partial charge on any atom is 0.126 e. The molecule has 17 heavy (non-hydrogen) atoms. The first-order valence-electron chi connectivity index (χ1n) is 6.25. The number of phenols is 1. The highest BCUT2D eigenvalue weighted by molar-refractivity contribution is 5.34. The van der Waals surface area contributed by atoms with Crippen LogP contribution in [0.4, 0.5) is 4.39 Å². The van der Waals surface area contributed by atoms with Crippen LogP contribution in [0.5, 0.6) is 5.75 Å². The monoisotopic (exact) mass is 239 g/mol. The average molecular weight is 239 g/mol. The largest absolute Gasteiger partial charge is 0.508 e. The van der Waals surface area contributed by atoms with E-state index in [0.717, 1.165) is 18.5 Å². The Morgan fingerprint density at radius 3 is 2.65 bits per heavy atom. The minimum Gasteiger partial charge on any atom is -0.508 e. The van der Waals surface area contributed by atoms with Gasteiger partial charge >= 0.3 is 0 Å². The first kappa shape index (κ1) is 14.0. The van der Waals surface area contributed by atoms with Crippen molar-refractivity contribution >= 4 is 0 Å². The van der Waals surface area contributed by atoms with E-state index in [0.29, 0.717) is 0 Å². The number of hydrogen-bond acceptors (Lipinski definition) is 2. The number of hydrogen-bond donors (Lipinski definition) is 1. The minimum atomic E-state index is -0.396. The number of halogens is 1. The topological polar surface area (TPSA) is 23.5 Å². The lowest BCUT2D eigenvalue weighted by Crippen LogP contribution is -2.23. The summed E-state index contributed by atoms with van der Waals surface area (Å²) in [7, 11) is 2.03. The molecule has 0 aliphatic heterocycles. The third kappa shape index (κ3) is 4.00. The van der Waals surface area contributed by atoms with E-state index in [1.165, 1.54) is 25.0 Å². The molecule has 1 N–H and O–H groups in total. The molecular weight excluding hydrogens is 217 g/mol. The van der Waals surface area contributed by atoms with Crippen LogP contribution in [0.25, 0.3) is 0 Å². The summed E-state index contributed by atoms with van der Waals surface area (Å²) in [5.41, 5.74) is 0.783. The zero-order valence-electron chi connectivity index (χ0n) is 10.9. The highest BCUT2D eigenvalue weighted by Crippen LogP contribution is 2.28. The van der Waals surface area contributed by atoms with Gasteiger partial charge in [0.1, 0.15) is 11.6 Å². The summed E-state index contributed by atoms with van der Waals surface area (Å²) in [6, 6.07) is 4.33. The number of rotatable bonds is 6. The van der Waals surface area contributed by atoms with Gasteiger partial charge in [-0.05, 0) is 33.0 Å². The van der Waals surface area contributed by atoms with Crippen LogP contribution in [0, 0.1) is 5.82 Å². The number of nitrogens with zero attached hydrogens (tertiary/aromatic N) is 1. The van der Waals surface area contributed by atoms with E-state index >= 15 is 0 Å². The Morgan fingerprint density at radius 1 is 1.35 bits per heavy atom. The second-order valence-corrected chi connectivity index (χ2v) is 4.57. The van der Waals surface area contributed by atoms with E-state index in [9.17, 15) is 9.50 Å². The van der Waals surface area contributed by atoms with Crippen LogP contribution in [-0.4, -0.2) is 23.6 Å². The predicted octanol–water partition coefficient (Wildman–Crippen LogP) is 3.71. The molecule has 0 aromatic heterocycles. The maximum absolute atomic E-state index is 12.9. The molecule has 0 heterocycles. The Morgan fingerprint density at radius 2 is 2.06 bits per heavy atom. The van der Waals surface area contributed by atoms with Gasteiger partial charge in [-0.3, -0.25) is 4.90 Å². The molecule has 1 atom stereocenters. The van der Waals surface area contributed by atoms with E-state index < -0.39 is 5.82 Å². The quantitative estimate of drug-likeness (QED) is 0.765. The standard InChI is InChI=1S/C14H22FNO/c1-4-5-6-9-16(3)11(2)13-8-7-12(15)10-14(13)17/h7-8,10-11,17H,4-6,9H2,1-3H3. The van der Waals surface area contributed by atoms with Gasteiger partial charge in [-0.25, -0.2) is 4.39 Å². The molecule has 0 fully saturated rings. The van der Waals surface area contributed by atoms with Crippen molar-refractivity contribution in [1.29, 1.82) is 0 Å². The molecule has 1 rings (SSSR count). The molecule has 1 aromatic carbocycles. The van der Waals surface area contributed by atoms with E-state index in [1.807, 2.05) is 14.0 Å². The fourth-order valence-corrected chi connectivity index (χ4v) is 1.91. The molecule has 0 aliphatic carbocycles. The van der Waals surface area contributed by atoms with Gasteiger partial charge in [0.25, 0.3) is 0 Å². The molecule has 96 valence electrons. The number of unbranched alkanes of at least 4 members (excludes halogenated alkanes) is 2. The van der Waals surface area contributed by atoms with Crippen LogP contribution >= 0.6 is 0 Å². The van der Waals surface area contributed by atoms with Crippen LogP contribution < -0.4 is 0 Å². The van der Waals surface area contributed by atoms with Gasteiger partial charge in [-0.15, -0.1) is 0 Å².